The molecule has 2 N–H and O–H groups in total. The second kappa shape index (κ2) is 7.20. The van der Waals surface area contributed by atoms with Gasteiger partial charge < -0.3 is 15.2 Å². The van der Waals surface area contributed by atoms with Gasteiger partial charge in [0.25, 0.3) is 0 Å². The number of aliphatic imine (C=N–C) groups is 1. The SMILES string of the molecule is CN(C=O)C(N)=N[C@H]1c2cc(-c3cncnc3)ccc2O[C@H]2CCCO[C@@]21C. The summed E-state index contributed by atoms with van der Waals surface area (Å²) >= 11 is 0. The standard InChI is InChI=1S/C20H23N5O3/c1-20-17(4-3-7-27-20)28-16-6-5-13(14-9-22-11-23-10-14)8-15(16)18(20)24-19(21)25(2)12-26/h5-6,8-12,17-18H,3-4,7H2,1-2H3,(H2,21,24)/t17-,18-,20-/m0/s1. The predicted octanol–water partition coefficient (Wildman–Crippen LogP) is 1.92. The van der Waals surface area contributed by atoms with E-state index in [0.717, 1.165) is 35.3 Å². The van der Waals surface area contributed by atoms with Crippen LogP contribution in [0.1, 0.15) is 31.4 Å². The monoisotopic (exact) mass is 381 g/mol. The van der Waals surface area contributed by atoms with Crippen molar-refractivity contribution in [2.24, 2.45) is 10.7 Å². The van der Waals surface area contributed by atoms with E-state index in [9.17, 15) is 4.79 Å². The first-order chi connectivity index (χ1) is 13.5. The molecule has 4 rings (SSSR count). The molecule has 3 heterocycles. The van der Waals surface area contributed by atoms with E-state index in [4.69, 9.17) is 20.2 Å². The zero-order valence-electron chi connectivity index (χ0n) is 15.9. The topological polar surface area (TPSA) is 103 Å². The van der Waals surface area contributed by atoms with Crippen molar-refractivity contribution in [3.05, 3.63) is 42.5 Å². The number of rotatable bonds is 3. The minimum absolute atomic E-state index is 0.135. The second-order valence-corrected chi connectivity index (χ2v) is 7.27. The van der Waals surface area contributed by atoms with Gasteiger partial charge >= 0.3 is 0 Å². The van der Waals surface area contributed by atoms with Crippen LogP contribution >= 0.6 is 0 Å². The van der Waals surface area contributed by atoms with Crippen LogP contribution in [0.4, 0.5) is 0 Å². The van der Waals surface area contributed by atoms with E-state index < -0.39 is 11.6 Å². The Bertz CT molecular complexity index is 904. The van der Waals surface area contributed by atoms with Crippen molar-refractivity contribution in [3.8, 4) is 16.9 Å². The number of hydrogen-bond acceptors (Lipinski definition) is 6. The van der Waals surface area contributed by atoms with Gasteiger partial charge in [-0.25, -0.2) is 15.0 Å². The summed E-state index contributed by atoms with van der Waals surface area (Å²) in [4.78, 5) is 25.3. The van der Waals surface area contributed by atoms with E-state index in [0.29, 0.717) is 13.0 Å². The van der Waals surface area contributed by atoms with Gasteiger partial charge in [-0.3, -0.25) is 9.69 Å². The maximum atomic E-state index is 11.1. The number of hydrogen-bond donors (Lipinski definition) is 1. The van der Waals surface area contributed by atoms with Crippen molar-refractivity contribution < 1.29 is 14.3 Å². The van der Waals surface area contributed by atoms with Crippen LogP contribution in [0, 0.1) is 0 Å². The minimum atomic E-state index is -0.675. The summed E-state index contributed by atoms with van der Waals surface area (Å²) in [5.41, 5.74) is 8.10. The molecule has 1 fully saturated rings. The van der Waals surface area contributed by atoms with Gasteiger partial charge in [0.05, 0.1) is 0 Å². The molecule has 146 valence electrons. The fraction of sp³-hybridized carbons (Fsp3) is 0.400. The van der Waals surface area contributed by atoms with Gasteiger partial charge in [0.2, 0.25) is 6.41 Å². The zero-order valence-corrected chi connectivity index (χ0v) is 15.9. The van der Waals surface area contributed by atoms with Crippen molar-refractivity contribution in [1.82, 2.24) is 14.9 Å². The third kappa shape index (κ3) is 3.09. The summed E-state index contributed by atoms with van der Waals surface area (Å²) in [5, 5.41) is 0. The first-order valence-corrected chi connectivity index (χ1v) is 9.24. The largest absolute Gasteiger partial charge is 0.487 e. The first kappa shape index (κ1) is 18.4. The molecule has 0 saturated carbocycles. The summed E-state index contributed by atoms with van der Waals surface area (Å²) in [6.07, 6.45) is 7.31. The number of nitrogens with two attached hydrogens (primary N) is 1. The number of benzene rings is 1. The van der Waals surface area contributed by atoms with Crippen LogP contribution in [0.2, 0.25) is 0 Å². The molecule has 2 aliphatic heterocycles. The maximum absolute atomic E-state index is 11.1. The van der Waals surface area contributed by atoms with Gasteiger partial charge in [-0.15, -0.1) is 0 Å². The lowest BCUT2D eigenvalue weighted by molar-refractivity contribution is -0.156. The number of ether oxygens (including phenoxy) is 2. The van der Waals surface area contributed by atoms with Crippen molar-refractivity contribution >= 4 is 12.4 Å². The van der Waals surface area contributed by atoms with E-state index in [1.54, 1.807) is 19.4 Å². The van der Waals surface area contributed by atoms with Crippen LogP contribution in [0.5, 0.6) is 5.75 Å². The van der Waals surface area contributed by atoms with Crippen LogP contribution in [0.15, 0.2) is 41.9 Å². The third-order valence-corrected chi connectivity index (χ3v) is 5.45. The van der Waals surface area contributed by atoms with E-state index in [1.807, 2.05) is 25.1 Å². The van der Waals surface area contributed by atoms with Crippen LogP contribution in [-0.4, -0.2) is 52.6 Å². The molecule has 1 aromatic heterocycles. The highest BCUT2D eigenvalue weighted by Crippen LogP contribution is 2.49. The van der Waals surface area contributed by atoms with E-state index in [1.165, 1.54) is 11.2 Å². The lowest BCUT2D eigenvalue weighted by Gasteiger charge is -2.48. The summed E-state index contributed by atoms with van der Waals surface area (Å²) in [6.45, 7) is 2.63. The molecule has 0 spiro atoms. The smallest absolute Gasteiger partial charge is 0.216 e. The molecule has 0 unspecified atom stereocenters. The number of amides is 1. The number of guanidine groups is 1. The fourth-order valence-electron chi connectivity index (χ4n) is 3.81. The predicted molar refractivity (Wildman–Crippen MR) is 104 cm³/mol. The highest BCUT2D eigenvalue weighted by atomic mass is 16.6. The molecule has 8 nitrogen and oxygen atoms in total. The van der Waals surface area contributed by atoms with E-state index >= 15 is 0 Å². The number of aromatic nitrogens is 2. The molecule has 2 aliphatic rings. The Labute approximate surface area is 163 Å². The number of carbonyl (C=O) groups excluding carboxylic acids is 1. The van der Waals surface area contributed by atoms with Gasteiger partial charge in [0.1, 0.15) is 29.8 Å². The Morgan fingerprint density at radius 2 is 2.14 bits per heavy atom. The zero-order chi connectivity index (χ0) is 19.7. The Kier molecular flexibility index (Phi) is 4.72. The molecular weight excluding hydrogens is 358 g/mol. The van der Waals surface area contributed by atoms with Crippen molar-refractivity contribution in [3.63, 3.8) is 0 Å². The van der Waals surface area contributed by atoms with Crippen LogP contribution in [0.3, 0.4) is 0 Å². The van der Waals surface area contributed by atoms with E-state index in [-0.39, 0.29) is 12.1 Å². The second-order valence-electron chi connectivity index (χ2n) is 7.27. The maximum Gasteiger partial charge on any atom is 0.216 e. The molecule has 1 amide bonds. The van der Waals surface area contributed by atoms with Gasteiger partial charge in [-0.2, -0.15) is 0 Å². The van der Waals surface area contributed by atoms with Crippen LogP contribution in [0.25, 0.3) is 11.1 Å². The van der Waals surface area contributed by atoms with Crippen molar-refractivity contribution in [2.45, 2.75) is 37.5 Å². The Morgan fingerprint density at radius 1 is 1.36 bits per heavy atom. The molecule has 0 bridgehead atoms. The Hall–Kier alpha value is -3.00. The molecule has 28 heavy (non-hydrogen) atoms. The summed E-state index contributed by atoms with van der Waals surface area (Å²) < 4.78 is 12.5. The summed E-state index contributed by atoms with van der Waals surface area (Å²) in [5.74, 6) is 0.888. The lowest BCUT2D eigenvalue weighted by atomic mass is 9.79. The molecule has 0 radical (unpaired) electrons. The number of fused-ring (bicyclic) bond motifs is 2. The number of nitrogens with zero attached hydrogens (tertiary/aromatic N) is 4. The summed E-state index contributed by atoms with van der Waals surface area (Å²) in [6, 6.07) is 5.52. The summed E-state index contributed by atoms with van der Waals surface area (Å²) in [7, 11) is 1.57. The van der Waals surface area contributed by atoms with Crippen molar-refractivity contribution in [2.75, 3.05) is 13.7 Å². The normalized spacial score (nSPS) is 26.6. The average Bonchev–Trinajstić information content (AvgIpc) is 2.73. The van der Waals surface area contributed by atoms with Gasteiger partial charge in [0.15, 0.2) is 5.96 Å². The molecule has 0 aliphatic carbocycles. The molecule has 8 heteroatoms. The molecule has 2 aromatic rings. The molecule has 1 aromatic carbocycles. The van der Waals surface area contributed by atoms with Crippen molar-refractivity contribution in [1.29, 1.82) is 0 Å². The molecule has 3 atom stereocenters. The van der Waals surface area contributed by atoms with E-state index in [2.05, 4.69) is 9.97 Å². The quantitative estimate of drug-likeness (QED) is 0.495. The Balaban J connectivity index is 1.84. The third-order valence-electron chi connectivity index (χ3n) is 5.45. The fourth-order valence-corrected chi connectivity index (χ4v) is 3.81. The lowest BCUT2D eigenvalue weighted by Crippen LogP contribution is -2.55. The van der Waals surface area contributed by atoms with Crippen LogP contribution < -0.4 is 10.5 Å². The van der Waals surface area contributed by atoms with Gasteiger partial charge in [-0.1, -0.05) is 6.07 Å². The molecular formula is C20H23N5O3. The Morgan fingerprint density at radius 3 is 2.89 bits per heavy atom. The van der Waals surface area contributed by atoms with Gasteiger partial charge in [0, 0.05) is 37.2 Å². The van der Waals surface area contributed by atoms with Crippen LogP contribution in [-0.2, 0) is 9.53 Å². The highest BCUT2D eigenvalue weighted by Gasteiger charge is 2.51. The van der Waals surface area contributed by atoms with Gasteiger partial charge in [-0.05, 0) is 37.5 Å². The average molecular weight is 381 g/mol. The number of carbonyl (C=O) groups is 1. The first-order valence-electron chi connectivity index (χ1n) is 9.24. The highest BCUT2D eigenvalue weighted by molar-refractivity contribution is 5.87. The molecule has 1 saturated heterocycles. The minimum Gasteiger partial charge on any atom is -0.487 e.